The van der Waals surface area contributed by atoms with Crippen molar-refractivity contribution in [2.24, 2.45) is 0 Å². The number of para-hydroxylation sites is 1. The van der Waals surface area contributed by atoms with Gasteiger partial charge in [-0.05, 0) is 49.2 Å². The zero-order valence-electron chi connectivity index (χ0n) is 15.0. The van der Waals surface area contributed by atoms with Gasteiger partial charge < -0.3 is 15.0 Å². The Morgan fingerprint density at radius 3 is 2.38 bits per heavy atom. The van der Waals surface area contributed by atoms with Crippen LogP contribution in [0, 0.1) is 13.8 Å². The minimum absolute atomic E-state index is 0.0799. The largest absolute Gasteiger partial charge is 0.497 e. The second-order valence-corrected chi connectivity index (χ2v) is 6.49. The minimum Gasteiger partial charge on any atom is -0.497 e. The second kappa shape index (κ2) is 6.23. The van der Waals surface area contributed by atoms with Crippen molar-refractivity contribution in [3.8, 4) is 5.75 Å². The zero-order chi connectivity index (χ0) is 18.3. The number of nitrogens with one attached hydrogen (secondary N) is 2. The summed E-state index contributed by atoms with van der Waals surface area (Å²) < 4.78 is 5.28. The van der Waals surface area contributed by atoms with Crippen LogP contribution in [0.3, 0.4) is 0 Å². The van der Waals surface area contributed by atoms with Gasteiger partial charge in [0.15, 0.2) is 0 Å². The summed E-state index contributed by atoms with van der Waals surface area (Å²) in [6.07, 6.45) is 0. The van der Waals surface area contributed by atoms with E-state index < -0.39 is 0 Å². The highest BCUT2D eigenvalue weighted by Crippen LogP contribution is 2.40. The summed E-state index contributed by atoms with van der Waals surface area (Å²) in [7, 11) is 1.65. The van der Waals surface area contributed by atoms with Crippen molar-refractivity contribution in [3.63, 3.8) is 0 Å². The molecule has 0 unspecified atom stereocenters. The van der Waals surface area contributed by atoms with E-state index in [1.165, 1.54) is 0 Å². The summed E-state index contributed by atoms with van der Waals surface area (Å²) in [5.74, 6) is 0.706. The fourth-order valence-electron chi connectivity index (χ4n) is 3.53. The lowest BCUT2D eigenvalue weighted by Gasteiger charge is -2.13. The van der Waals surface area contributed by atoms with Gasteiger partial charge in [-0.1, -0.05) is 30.3 Å². The third kappa shape index (κ3) is 2.60. The van der Waals surface area contributed by atoms with Gasteiger partial charge in [0.1, 0.15) is 5.75 Å². The molecule has 2 N–H and O–H groups in total. The van der Waals surface area contributed by atoms with Gasteiger partial charge in [0.05, 0.1) is 12.7 Å². The van der Waals surface area contributed by atoms with E-state index in [-0.39, 0.29) is 5.91 Å². The van der Waals surface area contributed by atoms with Crippen molar-refractivity contribution < 1.29 is 9.53 Å². The number of benzene rings is 2. The molecule has 0 aliphatic carbocycles. The number of hydrogen-bond acceptors (Lipinski definition) is 2. The maximum atomic E-state index is 12.9. The summed E-state index contributed by atoms with van der Waals surface area (Å²) in [5.41, 5.74) is 7.48. The lowest BCUT2D eigenvalue weighted by atomic mass is 9.91. The number of ether oxygens (including phenoxy) is 1. The Morgan fingerprint density at radius 2 is 1.73 bits per heavy atom. The van der Waals surface area contributed by atoms with Crippen LogP contribution < -0.4 is 10.1 Å². The molecular weight excluding hydrogens is 324 g/mol. The number of aromatic amines is 1. The molecule has 4 rings (SSSR count). The van der Waals surface area contributed by atoms with Crippen LogP contribution in [-0.4, -0.2) is 18.0 Å². The monoisotopic (exact) mass is 344 g/mol. The number of amides is 1. The molecule has 0 spiro atoms. The lowest BCUT2D eigenvalue weighted by molar-refractivity contribution is -0.110. The van der Waals surface area contributed by atoms with Crippen LogP contribution in [0.2, 0.25) is 0 Å². The van der Waals surface area contributed by atoms with Gasteiger partial charge in [-0.3, -0.25) is 4.79 Å². The van der Waals surface area contributed by atoms with Crippen molar-refractivity contribution in [3.05, 3.63) is 82.7 Å². The number of H-pyrrole nitrogens is 1. The number of aromatic nitrogens is 1. The third-order valence-corrected chi connectivity index (χ3v) is 4.70. The number of carbonyl (C=O) groups is 1. The maximum Gasteiger partial charge on any atom is 0.257 e. The number of methoxy groups -OCH3 is 1. The maximum absolute atomic E-state index is 12.9. The molecule has 2 heterocycles. The number of rotatable bonds is 3. The summed E-state index contributed by atoms with van der Waals surface area (Å²) in [6, 6.07) is 17.7. The highest BCUT2D eigenvalue weighted by atomic mass is 16.5. The molecular formula is C22H20N2O2. The van der Waals surface area contributed by atoms with Crippen LogP contribution >= 0.6 is 0 Å². The first-order valence-electron chi connectivity index (χ1n) is 8.54. The smallest absolute Gasteiger partial charge is 0.257 e. The zero-order valence-corrected chi connectivity index (χ0v) is 15.0. The molecule has 26 heavy (non-hydrogen) atoms. The van der Waals surface area contributed by atoms with Crippen LogP contribution in [0.5, 0.6) is 5.75 Å². The molecule has 0 bridgehead atoms. The van der Waals surface area contributed by atoms with Gasteiger partial charge in [0.2, 0.25) is 0 Å². The number of fused-ring (bicyclic) bond motifs is 1. The number of hydrogen-bond donors (Lipinski definition) is 2. The third-order valence-electron chi connectivity index (χ3n) is 4.70. The van der Waals surface area contributed by atoms with E-state index in [4.69, 9.17) is 4.74 Å². The second-order valence-electron chi connectivity index (χ2n) is 6.49. The van der Waals surface area contributed by atoms with Gasteiger partial charge in [-0.25, -0.2) is 0 Å². The van der Waals surface area contributed by atoms with Crippen LogP contribution in [0.15, 0.2) is 54.6 Å². The van der Waals surface area contributed by atoms with Gasteiger partial charge in [0.25, 0.3) is 5.91 Å². The van der Waals surface area contributed by atoms with Gasteiger partial charge >= 0.3 is 0 Å². The Hall–Kier alpha value is -3.27. The van der Waals surface area contributed by atoms with E-state index in [1.807, 2.05) is 55.5 Å². The first kappa shape index (κ1) is 16.2. The van der Waals surface area contributed by atoms with Gasteiger partial charge in [-0.15, -0.1) is 0 Å². The van der Waals surface area contributed by atoms with Crippen molar-refractivity contribution in [2.45, 2.75) is 13.8 Å². The highest BCUT2D eigenvalue weighted by molar-refractivity contribution is 6.38. The molecule has 0 saturated carbocycles. The molecule has 3 aromatic rings. The lowest BCUT2D eigenvalue weighted by Crippen LogP contribution is -2.07. The average molecular weight is 344 g/mol. The molecule has 4 nitrogen and oxygen atoms in total. The van der Waals surface area contributed by atoms with E-state index in [1.54, 1.807) is 7.11 Å². The standard InChI is InChI=1S/C22H20N2O2/c1-13-12-14(2)23-21(13)19(15-8-10-16(26-3)11-9-15)20-17-6-4-5-7-18(17)24-22(20)25/h4-12,23H,1-3H3,(H,24,25)/b20-19-. The summed E-state index contributed by atoms with van der Waals surface area (Å²) in [4.78, 5) is 16.3. The Labute approximate surface area is 152 Å². The summed E-state index contributed by atoms with van der Waals surface area (Å²) in [5, 5.41) is 2.98. The van der Waals surface area contributed by atoms with Crippen LogP contribution in [0.4, 0.5) is 5.69 Å². The Kier molecular flexibility index (Phi) is 3.88. The number of aryl methyl sites for hydroxylation is 2. The number of anilines is 1. The molecule has 1 amide bonds. The Balaban J connectivity index is 2.03. The average Bonchev–Trinajstić information content (AvgIpc) is 3.15. The van der Waals surface area contributed by atoms with E-state index in [2.05, 4.69) is 23.3 Å². The predicted molar refractivity (Wildman–Crippen MR) is 104 cm³/mol. The minimum atomic E-state index is -0.0799. The van der Waals surface area contributed by atoms with Crippen LogP contribution in [0.1, 0.15) is 28.1 Å². The molecule has 0 atom stereocenters. The van der Waals surface area contributed by atoms with E-state index in [0.29, 0.717) is 5.57 Å². The van der Waals surface area contributed by atoms with E-state index in [0.717, 1.165) is 45.1 Å². The van der Waals surface area contributed by atoms with Gasteiger partial charge in [0, 0.05) is 28.2 Å². The van der Waals surface area contributed by atoms with E-state index in [9.17, 15) is 4.79 Å². The molecule has 4 heteroatoms. The van der Waals surface area contributed by atoms with Gasteiger partial charge in [-0.2, -0.15) is 0 Å². The highest BCUT2D eigenvalue weighted by Gasteiger charge is 2.29. The molecule has 1 aromatic heterocycles. The normalized spacial score (nSPS) is 14.8. The summed E-state index contributed by atoms with van der Waals surface area (Å²) in [6.45, 7) is 4.08. The molecule has 0 fully saturated rings. The Bertz CT molecular complexity index is 1030. The molecule has 2 aromatic carbocycles. The first-order valence-corrected chi connectivity index (χ1v) is 8.54. The van der Waals surface area contributed by atoms with Crippen molar-refractivity contribution in [2.75, 3.05) is 12.4 Å². The molecule has 130 valence electrons. The van der Waals surface area contributed by atoms with Crippen molar-refractivity contribution in [1.29, 1.82) is 0 Å². The molecule has 1 aliphatic heterocycles. The topological polar surface area (TPSA) is 54.1 Å². The molecule has 1 aliphatic rings. The molecule has 0 radical (unpaired) electrons. The van der Waals surface area contributed by atoms with E-state index >= 15 is 0 Å². The number of carbonyl (C=O) groups excluding carboxylic acids is 1. The Morgan fingerprint density at radius 1 is 1.00 bits per heavy atom. The summed E-state index contributed by atoms with van der Waals surface area (Å²) >= 11 is 0. The van der Waals surface area contributed by atoms with Crippen LogP contribution in [-0.2, 0) is 4.79 Å². The van der Waals surface area contributed by atoms with Crippen LogP contribution in [0.25, 0.3) is 11.1 Å². The fraction of sp³-hybridized carbons (Fsp3) is 0.136. The fourth-order valence-corrected chi connectivity index (χ4v) is 3.53. The quantitative estimate of drug-likeness (QED) is 0.685. The predicted octanol–water partition coefficient (Wildman–Crippen LogP) is 4.55. The van der Waals surface area contributed by atoms with Crippen molar-refractivity contribution in [1.82, 2.24) is 4.98 Å². The molecule has 0 saturated heterocycles. The van der Waals surface area contributed by atoms with Crippen molar-refractivity contribution >= 4 is 22.7 Å². The SMILES string of the molecule is COc1ccc(/C(=C2/C(=O)Nc3ccccc32)c2[nH]c(C)cc2C)cc1. The first-order chi connectivity index (χ1) is 12.6.